The number of aliphatic carboxylic acids is 1. The molecule has 0 bridgehead atoms. The number of pyridine rings is 1. The lowest BCUT2D eigenvalue weighted by Crippen LogP contribution is -2.42. The number of carbonyl (C=O) groups is 3. The van der Waals surface area contributed by atoms with Crippen LogP contribution in [0.1, 0.15) is 34.6 Å². The summed E-state index contributed by atoms with van der Waals surface area (Å²) in [6.45, 7) is 3.56. The molecule has 8 nitrogen and oxygen atoms in total. The topological polar surface area (TPSA) is 127 Å². The highest BCUT2D eigenvalue weighted by Crippen LogP contribution is 2.14. The first kappa shape index (κ1) is 16.5. The Bertz CT molecular complexity index is 781. The average molecular weight is 318 g/mol. The summed E-state index contributed by atoms with van der Waals surface area (Å²) >= 11 is 0. The lowest BCUT2D eigenvalue weighted by atomic mass is 10.1. The van der Waals surface area contributed by atoms with E-state index in [4.69, 9.17) is 10.8 Å². The van der Waals surface area contributed by atoms with Crippen molar-refractivity contribution >= 4 is 23.4 Å². The van der Waals surface area contributed by atoms with Gasteiger partial charge >= 0.3 is 5.97 Å². The summed E-state index contributed by atoms with van der Waals surface area (Å²) in [5, 5.41) is 11.6. The van der Waals surface area contributed by atoms with Gasteiger partial charge in [-0.3, -0.25) is 14.0 Å². The van der Waals surface area contributed by atoms with Gasteiger partial charge in [0.25, 0.3) is 5.91 Å². The maximum atomic E-state index is 12.5. The van der Waals surface area contributed by atoms with Gasteiger partial charge in [-0.2, -0.15) is 0 Å². The van der Waals surface area contributed by atoms with Gasteiger partial charge in [-0.05, 0) is 31.9 Å². The van der Waals surface area contributed by atoms with E-state index < -0.39 is 23.8 Å². The summed E-state index contributed by atoms with van der Waals surface area (Å²) in [6.07, 6.45) is 1.57. The second kappa shape index (κ2) is 6.47. The molecule has 0 aliphatic heterocycles. The number of nitrogens with two attached hydrogens (primary N) is 1. The molecule has 0 radical (unpaired) electrons. The van der Waals surface area contributed by atoms with E-state index in [9.17, 15) is 14.4 Å². The van der Waals surface area contributed by atoms with Crippen molar-refractivity contribution in [3.8, 4) is 0 Å². The Labute approximate surface area is 132 Å². The minimum Gasteiger partial charge on any atom is -0.480 e. The number of hydrogen-bond acceptors (Lipinski definition) is 4. The zero-order valence-corrected chi connectivity index (χ0v) is 12.9. The summed E-state index contributed by atoms with van der Waals surface area (Å²) in [5.74, 6) is -2.40. The van der Waals surface area contributed by atoms with Gasteiger partial charge in [0, 0.05) is 12.6 Å². The summed E-state index contributed by atoms with van der Waals surface area (Å²) in [4.78, 5) is 38.8. The largest absolute Gasteiger partial charge is 0.480 e. The van der Waals surface area contributed by atoms with Crippen LogP contribution in [0.25, 0.3) is 5.65 Å². The van der Waals surface area contributed by atoms with Gasteiger partial charge in [-0.1, -0.05) is 6.07 Å². The first-order valence-electron chi connectivity index (χ1n) is 7.07. The number of nitrogens with one attached hydrogen (secondary N) is 1. The van der Waals surface area contributed by atoms with Gasteiger partial charge in [0.2, 0.25) is 5.91 Å². The Balaban J connectivity index is 2.28. The summed E-state index contributed by atoms with van der Waals surface area (Å²) in [6, 6.07) is 2.46. The molecular formula is C15H18N4O4. The van der Waals surface area contributed by atoms with Crippen LogP contribution in [-0.2, 0) is 9.59 Å². The number of rotatable bonds is 6. The molecule has 8 heteroatoms. The molecule has 0 aliphatic carbocycles. The van der Waals surface area contributed by atoms with Gasteiger partial charge in [0.1, 0.15) is 17.4 Å². The number of aryl methyl sites for hydroxylation is 2. The third-order valence-electron chi connectivity index (χ3n) is 3.44. The van der Waals surface area contributed by atoms with Gasteiger partial charge in [-0.25, -0.2) is 9.78 Å². The quantitative estimate of drug-likeness (QED) is 0.710. The van der Waals surface area contributed by atoms with Gasteiger partial charge < -0.3 is 16.2 Å². The van der Waals surface area contributed by atoms with E-state index >= 15 is 0 Å². The summed E-state index contributed by atoms with van der Waals surface area (Å²) in [5.41, 5.74) is 7.32. The fourth-order valence-electron chi connectivity index (χ4n) is 2.31. The van der Waals surface area contributed by atoms with Crippen LogP contribution in [0, 0.1) is 13.8 Å². The second-order valence-corrected chi connectivity index (χ2v) is 5.35. The number of carboxylic acids is 1. The molecule has 2 heterocycles. The Kier molecular flexibility index (Phi) is 4.63. The zero-order chi connectivity index (χ0) is 17.1. The first-order chi connectivity index (χ1) is 10.8. The van der Waals surface area contributed by atoms with Crippen molar-refractivity contribution < 1.29 is 19.5 Å². The molecule has 2 aromatic rings. The number of nitrogens with zero attached hydrogens (tertiary/aromatic N) is 2. The highest BCUT2D eigenvalue weighted by atomic mass is 16.4. The Morgan fingerprint density at radius 3 is 2.65 bits per heavy atom. The van der Waals surface area contributed by atoms with Gasteiger partial charge in [0.05, 0.1) is 5.69 Å². The van der Waals surface area contributed by atoms with E-state index in [1.165, 1.54) is 0 Å². The highest BCUT2D eigenvalue weighted by Gasteiger charge is 2.24. The van der Waals surface area contributed by atoms with Crippen molar-refractivity contribution in [2.45, 2.75) is 32.7 Å². The van der Waals surface area contributed by atoms with E-state index in [1.807, 2.05) is 13.0 Å². The van der Waals surface area contributed by atoms with Crippen molar-refractivity contribution in [3.63, 3.8) is 0 Å². The van der Waals surface area contributed by atoms with E-state index in [0.717, 1.165) is 5.56 Å². The number of primary amides is 1. The number of hydrogen-bond donors (Lipinski definition) is 3. The standard InChI is InChI=1S/C15H18N4O4/c1-8-3-6-12-17-9(2)13(19(12)7-8)14(21)18-10(15(22)23)4-5-11(16)20/h3,6-7,10H,4-5H2,1-2H3,(H2,16,20)(H,18,21)(H,22,23). The molecule has 122 valence electrons. The molecule has 2 rings (SSSR count). The molecule has 0 aromatic carbocycles. The Morgan fingerprint density at radius 1 is 1.35 bits per heavy atom. The molecule has 0 spiro atoms. The summed E-state index contributed by atoms with van der Waals surface area (Å²) < 4.78 is 1.62. The molecule has 2 amide bonds. The number of imidazole rings is 1. The van der Waals surface area contributed by atoms with E-state index in [0.29, 0.717) is 11.3 Å². The van der Waals surface area contributed by atoms with Crippen LogP contribution in [-0.4, -0.2) is 38.3 Å². The van der Waals surface area contributed by atoms with Crippen LogP contribution in [0.3, 0.4) is 0 Å². The highest BCUT2D eigenvalue weighted by molar-refractivity contribution is 5.97. The van der Waals surface area contributed by atoms with E-state index in [2.05, 4.69) is 10.3 Å². The summed E-state index contributed by atoms with van der Waals surface area (Å²) in [7, 11) is 0. The van der Waals surface area contributed by atoms with Gasteiger partial charge in [-0.15, -0.1) is 0 Å². The lowest BCUT2D eigenvalue weighted by Gasteiger charge is -2.14. The fraction of sp³-hybridized carbons (Fsp3) is 0.333. The maximum Gasteiger partial charge on any atom is 0.326 e. The van der Waals surface area contributed by atoms with Crippen molar-refractivity contribution in [3.05, 3.63) is 35.3 Å². The van der Waals surface area contributed by atoms with Crippen LogP contribution < -0.4 is 11.1 Å². The van der Waals surface area contributed by atoms with Crippen LogP contribution in [0.2, 0.25) is 0 Å². The predicted molar refractivity (Wildman–Crippen MR) is 82.0 cm³/mol. The average Bonchev–Trinajstić information content (AvgIpc) is 2.77. The molecule has 0 saturated carbocycles. The monoisotopic (exact) mass is 318 g/mol. The van der Waals surface area contributed by atoms with Crippen LogP contribution >= 0.6 is 0 Å². The van der Waals surface area contributed by atoms with Crippen molar-refractivity contribution in [1.82, 2.24) is 14.7 Å². The number of carbonyl (C=O) groups excluding carboxylic acids is 2. The van der Waals surface area contributed by atoms with Crippen molar-refractivity contribution in [2.24, 2.45) is 5.73 Å². The molecule has 1 atom stereocenters. The molecule has 0 aliphatic rings. The van der Waals surface area contributed by atoms with E-state index in [-0.39, 0.29) is 18.5 Å². The van der Waals surface area contributed by atoms with Crippen molar-refractivity contribution in [2.75, 3.05) is 0 Å². The third-order valence-corrected chi connectivity index (χ3v) is 3.44. The second-order valence-electron chi connectivity index (χ2n) is 5.35. The van der Waals surface area contributed by atoms with Crippen LogP contribution in [0.4, 0.5) is 0 Å². The third kappa shape index (κ3) is 3.65. The van der Waals surface area contributed by atoms with Gasteiger partial charge in [0.15, 0.2) is 0 Å². The van der Waals surface area contributed by atoms with Crippen molar-refractivity contribution in [1.29, 1.82) is 0 Å². The first-order valence-corrected chi connectivity index (χ1v) is 7.07. The number of amides is 2. The fourth-order valence-corrected chi connectivity index (χ4v) is 2.31. The Morgan fingerprint density at radius 2 is 2.04 bits per heavy atom. The molecule has 4 N–H and O–H groups in total. The van der Waals surface area contributed by atoms with Crippen LogP contribution in [0.15, 0.2) is 18.3 Å². The van der Waals surface area contributed by atoms with Crippen LogP contribution in [0.5, 0.6) is 0 Å². The minimum atomic E-state index is -1.22. The normalized spacial score (nSPS) is 12.1. The Hall–Kier alpha value is -2.90. The molecule has 1 unspecified atom stereocenters. The smallest absolute Gasteiger partial charge is 0.326 e. The number of carboxylic acid groups (broad SMARTS) is 1. The minimum absolute atomic E-state index is 0.0643. The molecule has 0 saturated heterocycles. The lowest BCUT2D eigenvalue weighted by molar-refractivity contribution is -0.139. The SMILES string of the molecule is Cc1ccc2nc(C)c(C(=O)NC(CCC(N)=O)C(=O)O)n2c1. The number of fused-ring (bicyclic) bond motifs is 1. The van der Waals surface area contributed by atoms with E-state index in [1.54, 1.807) is 23.6 Å². The number of aromatic nitrogens is 2. The molecule has 23 heavy (non-hydrogen) atoms. The molecular weight excluding hydrogens is 300 g/mol. The maximum absolute atomic E-state index is 12.5. The molecule has 2 aromatic heterocycles. The zero-order valence-electron chi connectivity index (χ0n) is 12.9. The molecule has 0 fully saturated rings. The predicted octanol–water partition coefficient (Wildman–Crippen LogP) is 0.400.